The van der Waals surface area contributed by atoms with Crippen molar-refractivity contribution in [1.82, 2.24) is 5.32 Å². The fourth-order valence-electron chi connectivity index (χ4n) is 2.81. The highest BCUT2D eigenvalue weighted by Crippen LogP contribution is 2.44. The molecule has 2 N–H and O–H groups in total. The molecule has 3 rings (SSSR count). The van der Waals surface area contributed by atoms with Gasteiger partial charge in [-0.15, -0.1) is 23.5 Å². The highest BCUT2D eigenvalue weighted by atomic mass is 32.2. The van der Waals surface area contributed by atoms with Gasteiger partial charge in [0.05, 0.1) is 4.58 Å². The van der Waals surface area contributed by atoms with Crippen molar-refractivity contribution in [1.29, 1.82) is 0 Å². The molecule has 1 aliphatic rings. The zero-order chi connectivity index (χ0) is 18.9. The van der Waals surface area contributed by atoms with Gasteiger partial charge >= 0.3 is 0 Å². The average Bonchev–Trinajstić information content (AvgIpc) is 2.72. The maximum absolute atomic E-state index is 12.2. The van der Waals surface area contributed by atoms with Crippen LogP contribution in [-0.2, 0) is 4.79 Å². The molecule has 1 saturated heterocycles. The highest BCUT2D eigenvalue weighted by molar-refractivity contribution is 8.16. The molecule has 1 fully saturated rings. The summed E-state index contributed by atoms with van der Waals surface area (Å²) in [4.78, 5) is 24.1. The number of thioether (sulfide) groups is 2. The van der Waals surface area contributed by atoms with Crippen LogP contribution in [0.1, 0.15) is 39.8 Å². The molecule has 2 amide bonds. The minimum atomic E-state index is -0.105. The van der Waals surface area contributed by atoms with Crippen LogP contribution >= 0.6 is 23.5 Å². The van der Waals surface area contributed by atoms with Crippen molar-refractivity contribution >= 4 is 41.0 Å². The van der Waals surface area contributed by atoms with Gasteiger partial charge in [-0.25, -0.2) is 0 Å². The molecule has 2 aromatic carbocycles. The summed E-state index contributed by atoms with van der Waals surface area (Å²) in [5.41, 5.74) is 2.74. The number of anilines is 1. The summed E-state index contributed by atoms with van der Waals surface area (Å²) in [5, 5.41) is 5.82. The maximum Gasteiger partial charge on any atom is 0.251 e. The van der Waals surface area contributed by atoms with Crippen LogP contribution in [0.25, 0.3) is 0 Å². The normalized spacial score (nSPS) is 14.5. The first kappa shape index (κ1) is 19.8. The Morgan fingerprint density at radius 1 is 1.00 bits per heavy atom. The van der Waals surface area contributed by atoms with Crippen molar-refractivity contribution in [3.8, 4) is 0 Å². The van der Waals surface area contributed by atoms with E-state index in [2.05, 4.69) is 22.8 Å². The van der Waals surface area contributed by atoms with Crippen molar-refractivity contribution < 1.29 is 9.59 Å². The summed E-state index contributed by atoms with van der Waals surface area (Å²) >= 11 is 3.94. The van der Waals surface area contributed by atoms with Gasteiger partial charge in [-0.2, -0.15) is 0 Å². The molecule has 0 atom stereocenters. The predicted octanol–water partition coefficient (Wildman–Crippen LogP) is 4.70. The quantitative estimate of drug-likeness (QED) is 0.661. The van der Waals surface area contributed by atoms with Crippen LogP contribution < -0.4 is 10.6 Å². The Kier molecular flexibility index (Phi) is 7.66. The second-order valence-corrected chi connectivity index (χ2v) is 9.05. The van der Waals surface area contributed by atoms with Crippen LogP contribution in [-0.4, -0.2) is 29.9 Å². The standard InChI is InChI=1S/C21H24N2O2S2/c24-19(11-5-12-22-20(25)16-7-2-1-3-8-16)23-18-10-4-9-17(15-18)21-26-13-6-14-27-21/h1-4,7-10,15,21H,5-6,11-14H2,(H,22,25)(H,23,24). The minimum Gasteiger partial charge on any atom is -0.352 e. The molecule has 0 unspecified atom stereocenters. The first-order valence-corrected chi connectivity index (χ1v) is 11.3. The Labute approximate surface area is 168 Å². The van der Waals surface area contributed by atoms with Crippen molar-refractivity contribution in [3.63, 3.8) is 0 Å². The van der Waals surface area contributed by atoms with Gasteiger partial charge in [0, 0.05) is 24.2 Å². The molecular weight excluding hydrogens is 376 g/mol. The van der Waals surface area contributed by atoms with Gasteiger partial charge in [0.15, 0.2) is 0 Å². The fraction of sp³-hybridized carbons (Fsp3) is 0.333. The van der Waals surface area contributed by atoms with Crippen LogP contribution in [0.5, 0.6) is 0 Å². The zero-order valence-corrected chi connectivity index (χ0v) is 16.8. The van der Waals surface area contributed by atoms with Gasteiger partial charge in [0.1, 0.15) is 0 Å². The summed E-state index contributed by atoms with van der Waals surface area (Å²) in [7, 11) is 0. The molecule has 1 heterocycles. The van der Waals surface area contributed by atoms with E-state index in [4.69, 9.17) is 0 Å². The van der Waals surface area contributed by atoms with Gasteiger partial charge in [-0.05, 0) is 54.2 Å². The number of carbonyl (C=O) groups excluding carboxylic acids is 2. The fourth-order valence-corrected chi connectivity index (χ4v) is 5.68. The molecule has 142 valence electrons. The highest BCUT2D eigenvalue weighted by Gasteiger charge is 2.17. The minimum absolute atomic E-state index is 0.0231. The van der Waals surface area contributed by atoms with Crippen molar-refractivity contribution in [3.05, 3.63) is 65.7 Å². The topological polar surface area (TPSA) is 58.2 Å². The third-order valence-corrected chi connectivity index (χ3v) is 7.19. The van der Waals surface area contributed by atoms with Gasteiger partial charge < -0.3 is 10.6 Å². The second-order valence-electron chi connectivity index (χ2n) is 6.33. The molecule has 0 aliphatic carbocycles. The van der Waals surface area contributed by atoms with Crippen molar-refractivity contribution in [2.45, 2.75) is 23.8 Å². The Balaban J connectivity index is 1.41. The molecule has 0 bridgehead atoms. The van der Waals surface area contributed by atoms with Gasteiger partial charge in [-0.1, -0.05) is 30.3 Å². The molecule has 0 spiro atoms. The molecule has 0 aromatic heterocycles. The van der Waals surface area contributed by atoms with E-state index in [-0.39, 0.29) is 11.8 Å². The summed E-state index contributed by atoms with van der Waals surface area (Å²) in [6, 6.07) is 17.2. The summed E-state index contributed by atoms with van der Waals surface area (Å²) in [6.45, 7) is 0.483. The molecule has 0 saturated carbocycles. The molecule has 6 heteroatoms. The number of nitrogens with one attached hydrogen (secondary N) is 2. The van der Waals surface area contributed by atoms with Crippen LogP contribution in [0, 0.1) is 0 Å². The Hall–Kier alpha value is -1.92. The Morgan fingerprint density at radius 2 is 1.78 bits per heavy atom. The lowest BCUT2D eigenvalue weighted by molar-refractivity contribution is -0.116. The molecule has 1 aliphatic heterocycles. The van der Waals surface area contributed by atoms with Gasteiger partial charge in [-0.3, -0.25) is 9.59 Å². The van der Waals surface area contributed by atoms with Crippen molar-refractivity contribution in [2.24, 2.45) is 0 Å². The van der Waals surface area contributed by atoms with Gasteiger partial charge in [0.25, 0.3) is 5.91 Å². The monoisotopic (exact) mass is 400 g/mol. The summed E-state index contributed by atoms with van der Waals surface area (Å²) in [5.74, 6) is 2.27. The lowest BCUT2D eigenvalue weighted by atomic mass is 10.2. The average molecular weight is 401 g/mol. The third kappa shape index (κ3) is 6.33. The summed E-state index contributed by atoms with van der Waals surface area (Å²) in [6.07, 6.45) is 2.26. The van der Waals surface area contributed by atoms with Crippen molar-refractivity contribution in [2.75, 3.05) is 23.4 Å². The number of benzene rings is 2. The smallest absolute Gasteiger partial charge is 0.251 e. The second kappa shape index (κ2) is 10.4. The van der Waals surface area contributed by atoms with Crippen LogP contribution in [0.3, 0.4) is 0 Å². The van der Waals surface area contributed by atoms with E-state index in [1.54, 1.807) is 12.1 Å². The van der Waals surface area contributed by atoms with E-state index in [0.29, 0.717) is 29.5 Å². The maximum atomic E-state index is 12.2. The van der Waals surface area contributed by atoms with Gasteiger partial charge in [0.2, 0.25) is 5.91 Å². The number of hydrogen-bond donors (Lipinski definition) is 2. The van der Waals surface area contributed by atoms with Crippen LogP contribution in [0.2, 0.25) is 0 Å². The van der Waals surface area contributed by atoms with Crippen LogP contribution in [0.4, 0.5) is 5.69 Å². The lowest BCUT2D eigenvalue weighted by Gasteiger charge is -2.21. The Morgan fingerprint density at radius 3 is 2.56 bits per heavy atom. The molecule has 27 heavy (non-hydrogen) atoms. The van der Waals surface area contributed by atoms with E-state index in [1.165, 1.54) is 23.5 Å². The lowest BCUT2D eigenvalue weighted by Crippen LogP contribution is -2.25. The summed E-state index contributed by atoms with van der Waals surface area (Å²) < 4.78 is 0.462. The predicted molar refractivity (Wildman–Crippen MR) is 115 cm³/mol. The SMILES string of the molecule is O=C(CCCNC(=O)c1ccccc1)Nc1cccc(C2SCCCS2)c1. The first-order valence-electron chi connectivity index (χ1n) is 9.18. The number of amides is 2. The molecule has 0 radical (unpaired) electrons. The van der Waals surface area contributed by atoms with E-state index >= 15 is 0 Å². The van der Waals surface area contributed by atoms with E-state index in [0.717, 1.165) is 5.69 Å². The zero-order valence-electron chi connectivity index (χ0n) is 15.1. The first-order chi connectivity index (χ1) is 13.2. The van der Waals surface area contributed by atoms with E-state index < -0.39 is 0 Å². The largest absolute Gasteiger partial charge is 0.352 e. The molecule has 4 nitrogen and oxygen atoms in total. The molecular formula is C21H24N2O2S2. The molecule has 2 aromatic rings. The van der Waals surface area contributed by atoms with E-state index in [9.17, 15) is 9.59 Å². The third-order valence-electron chi connectivity index (χ3n) is 4.17. The number of carbonyl (C=O) groups is 2. The van der Waals surface area contributed by atoms with E-state index in [1.807, 2.05) is 53.9 Å². The number of hydrogen-bond acceptors (Lipinski definition) is 4. The Bertz CT molecular complexity index is 762. The van der Waals surface area contributed by atoms with Crippen LogP contribution in [0.15, 0.2) is 54.6 Å². The number of rotatable bonds is 7.